The summed E-state index contributed by atoms with van der Waals surface area (Å²) in [5.41, 5.74) is 7.82. The number of carbonyl (C=O) groups excluding carboxylic acids is 2. The molecule has 1 aliphatic rings. The topological polar surface area (TPSA) is 58.2 Å². The van der Waals surface area contributed by atoms with Gasteiger partial charge in [0.15, 0.2) is 0 Å². The maximum Gasteiger partial charge on any atom is 0.270 e. The fourth-order valence-corrected chi connectivity index (χ4v) is 3.41. The van der Waals surface area contributed by atoms with Crippen molar-refractivity contribution < 1.29 is 9.59 Å². The highest BCUT2D eigenvalue weighted by Crippen LogP contribution is 2.31. The highest BCUT2D eigenvalue weighted by Gasteiger charge is 2.26. The lowest BCUT2D eigenvalue weighted by Crippen LogP contribution is -2.44. The van der Waals surface area contributed by atoms with E-state index in [1.54, 1.807) is 18.2 Å². The van der Waals surface area contributed by atoms with Crippen LogP contribution in [0.2, 0.25) is 0 Å². The van der Waals surface area contributed by atoms with Crippen LogP contribution in [0.4, 0.5) is 0 Å². The zero-order valence-corrected chi connectivity index (χ0v) is 14.1. The monoisotopic (exact) mass is 372 g/mol. The molecular weight excluding hydrogens is 356 g/mol. The Bertz CT molecular complexity index is 745. The van der Waals surface area contributed by atoms with Gasteiger partial charge in [-0.1, -0.05) is 36.4 Å². The first-order chi connectivity index (χ1) is 11.2. The third-order valence-electron chi connectivity index (χ3n) is 4.10. The molecule has 0 aliphatic heterocycles. The largest absolute Gasteiger partial charge is 0.273 e. The number of fused-ring (bicyclic) bond motifs is 1. The van der Waals surface area contributed by atoms with E-state index >= 15 is 0 Å². The van der Waals surface area contributed by atoms with Crippen LogP contribution in [-0.4, -0.2) is 11.8 Å². The summed E-state index contributed by atoms with van der Waals surface area (Å²) in [6.45, 7) is 0. The van der Waals surface area contributed by atoms with Gasteiger partial charge >= 0.3 is 0 Å². The highest BCUT2D eigenvalue weighted by molar-refractivity contribution is 9.10. The zero-order valence-electron chi connectivity index (χ0n) is 12.5. The SMILES string of the molecule is O=C(NNC(=O)[C@@H]1CCCc2ccccc21)c1ccccc1Br. The second-order valence-electron chi connectivity index (χ2n) is 5.57. The predicted octanol–water partition coefficient (Wildman–Crippen LogP) is 3.33. The van der Waals surface area contributed by atoms with E-state index < -0.39 is 0 Å². The van der Waals surface area contributed by atoms with Crippen molar-refractivity contribution in [2.24, 2.45) is 0 Å². The van der Waals surface area contributed by atoms with E-state index in [2.05, 4.69) is 32.8 Å². The molecule has 0 aromatic heterocycles. The van der Waals surface area contributed by atoms with Gasteiger partial charge in [-0.05, 0) is 58.5 Å². The fraction of sp³-hybridized carbons (Fsp3) is 0.222. The van der Waals surface area contributed by atoms with Crippen LogP contribution < -0.4 is 10.9 Å². The standard InChI is InChI=1S/C18H17BrN2O2/c19-16-11-4-3-9-15(16)18(23)21-20-17(22)14-10-5-7-12-6-1-2-8-13(12)14/h1-4,6,8-9,11,14H,5,7,10H2,(H,20,22)(H,21,23)/t14-/m1/s1. The molecule has 1 aliphatic carbocycles. The molecule has 0 fully saturated rings. The summed E-state index contributed by atoms with van der Waals surface area (Å²) in [5.74, 6) is -0.716. The number of benzene rings is 2. The molecule has 0 radical (unpaired) electrons. The predicted molar refractivity (Wildman–Crippen MR) is 91.9 cm³/mol. The third kappa shape index (κ3) is 3.45. The molecule has 2 amide bonds. The van der Waals surface area contributed by atoms with E-state index in [4.69, 9.17) is 0 Å². The molecule has 2 aromatic rings. The van der Waals surface area contributed by atoms with Gasteiger partial charge in [0, 0.05) is 4.47 Å². The first kappa shape index (κ1) is 15.7. The van der Waals surface area contributed by atoms with Gasteiger partial charge in [0.1, 0.15) is 0 Å². The molecule has 2 N–H and O–H groups in total. The van der Waals surface area contributed by atoms with Crippen molar-refractivity contribution in [3.05, 3.63) is 69.7 Å². The summed E-state index contributed by atoms with van der Waals surface area (Å²) in [5, 5.41) is 0. The number of halogens is 1. The Labute approximate surface area is 143 Å². The normalized spacial score (nSPS) is 16.3. The lowest BCUT2D eigenvalue weighted by atomic mass is 9.82. The number of hydrogen-bond donors (Lipinski definition) is 2. The maximum absolute atomic E-state index is 12.4. The molecule has 5 heteroatoms. The number of nitrogens with one attached hydrogen (secondary N) is 2. The van der Waals surface area contributed by atoms with Crippen LogP contribution in [0.15, 0.2) is 53.0 Å². The van der Waals surface area contributed by atoms with E-state index in [1.807, 2.05) is 24.3 Å². The van der Waals surface area contributed by atoms with Gasteiger partial charge in [-0.15, -0.1) is 0 Å². The van der Waals surface area contributed by atoms with Crippen LogP contribution >= 0.6 is 15.9 Å². The molecular formula is C18H17BrN2O2. The lowest BCUT2D eigenvalue weighted by molar-refractivity contribution is -0.123. The number of rotatable bonds is 2. The molecule has 0 heterocycles. The molecule has 4 nitrogen and oxygen atoms in total. The minimum absolute atomic E-state index is 0.169. The number of aryl methyl sites for hydroxylation is 1. The quantitative estimate of drug-likeness (QED) is 0.794. The highest BCUT2D eigenvalue weighted by atomic mass is 79.9. The Morgan fingerprint density at radius 2 is 1.74 bits per heavy atom. The Balaban J connectivity index is 1.67. The molecule has 3 rings (SSSR count). The molecule has 0 bridgehead atoms. The van der Waals surface area contributed by atoms with Crippen LogP contribution in [-0.2, 0) is 11.2 Å². The Hall–Kier alpha value is -2.14. The van der Waals surface area contributed by atoms with Crippen LogP contribution in [0.5, 0.6) is 0 Å². The van der Waals surface area contributed by atoms with E-state index in [1.165, 1.54) is 5.56 Å². The van der Waals surface area contributed by atoms with Crippen molar-refractivity contribution in [2.75, 3.05) is 0 Å². The van der Waals surface area contributed by atoms with E-state index in [-0.39, 0.29) is 17.7 Å². The van der Waals surface area contributed by atoms with E-state index in [0.29, 0.717) is 10.0 Å². The van der Waals surface area contributed by atoms with E-state index in [0.717, 1.165) is 24.8 Å². The van der Waals surface area contributed by atoms with Crippen LogP contribution in [0.1, 0.15) is 40.2 Å². The van der Waals surface area contributed by atoms with Gasteiger partial charge in [-0.25, -0.2) is 0 Å². The van der Waals surface area contributed by atoms with Gasteiger partial charge in [0.2, 0.25) is 5.91 Å². The van der Waals surface area contributed by atoms with Gasteiger partial charge in [-0.2, -0.15) is 0 Å². The Morgan fingerprint density at radius 1 is 1.00 bits per heavy atom. The van der Waals surface area contributed by atoms with Gasteiger partial charge in [-0.3, -0.25) is 20.4 Å². The smallest absolute Gasteiger partial charge is 0.270 e. The molecule has 0 unspecified atom stereocenters. The molecule has 0 saturated heterocycles. The van der Waals surface area contributed by atoms with Crippen LogP contribution in [0.3, 0.4) is 0 Å². The average molecular weight is 373 g/mol. The van der Waals surface area contributed by atoms with Crippen molar-refractivity contribution in [1.82, 2.24) is 10.9 Å². The minimum Gasteiger partial charge on any atom is -0.273 e. The number of hydrogen-bond acceptors (Lipinski definition) is 2. The van der Waals surface area contributed by atoms with Crippen LogP contribution in [0, 0.1) is 0 Å². The lowest BCUT2D eigenvalue weighted by Gasteiger charge is -2.24. The Kier molecular flexibility index (Phi) is 4.76. The number of amides is 2. The summed E-state index contributed by atoms with van der Waals surface area (Å²) >= 11 is 3.33. The van der Waals surface area contributed by atoms with Gasteiger partial charge in [0.05, 0.1) is 11.5 Å². The molecule has 1 atom stereocenters. The van der Waals surface area contributed by atoms with Crippen molar-refractivity contribution in [3.8, 4) is 0 Å². The van der Waals surface area contributed by atoms with Gasteiger partial charge < -0.3 is 0 Å². The molecule has 23 heavy (non-hydrogen) atoms. The summed E-state index contributed by atoms with van der Waals surface area (Å²) in [6, 6.07) is 15.1. The second kappa shape index (κ2) is 6.96. The Morgan fingerprint density at radius 3 is 2.57 bits per heavy atom. The number of hydrazine groups is 1. The summed E-state index contributed by atoms with van der Waals surface area (Å²) < 4.78 is 0.690. The third-order valence-corrected chi connectivity index (χ3v) is 4.80. The first-order valence-electron chi connectivity index (χ1n) is 7.59. The summed E-state index contributed by atoms with van der Waals surface area (Å²) in [4.78, 5) is 24.6. The van der Waals surface area contributed by atoms with Crippen LogP contribution in [0.25, 0.3) is 0 Å². The van der Waals surface area contributed by atoms with Crippen molar-refractivity contribution in [3.63, 3.8) is 0 Å². The average Bonchev–Trinajstić information content (AvgIpc) is 2.59. The maximum atomic E-state index is 12.4. The molecule has 118 valence electrons. The summed E-state index contributed by atoms with van der Waals surface area (Å²) in [7, 11) is 0. The minimum atomic E-state index is -0.338. The fourth-order valence-electron chi connectivity index (χ4n) is 2.94. The second-order valence-corrected chi connectivity index (χ2v) is 6.42. The molecule has 0 spiro atoms. The zero-order chi connectivity index (χ0) is 16.2. The van der Waals surface area contributed by atoms with Crippen molar-refractivity contribution in [2.45, 2.75) is 25.2 Å². The van der Waals surface area contributed by atoms with Crippen molar-refractivity contribution >= 4 is 27.7 Å². The van der Waals surface area contributed by atoms with Crippen molar-refractivity contribution in [1.29, 1.82) is 0 Å². The van der Waals surface area contributed by atoms with E-state index in [9.17, 15) is 9.59 Å². The number of carbonyl (C=O) groups is 2. The molecule has 2 aromatic carbocycles. The summed E-state index contributed by atoms with van der Waals surface area (Å²) in [6.07, 6.45) is 2.78. The first-order valence-corrected chi connectivity index (χ1v) is 8.38. The van der Waals surface area contributed by atoms with Gasteiger partial charge in [0.25, 0.3) is 5.91 Å². The molecule has 0 saturated carbocycles.